The standard InChI is InChI=1S/C10H6N6O3/c11-1-6-7(2-12)16-10(9(19)15-6)4-14-13-3-5(10)8(17)18/h3-4,13,16H,(H,15,19)(H,17,18)/t10-/m1/s1. The number of carbonyl (C=O) groups excluding carboxylic acids is 1. The van der Waals surface area contributed by atoms with Gasteiger partial charge in [0.25, 0.3) is 5.91 Å². The summed E-state index contributed by atoms with van der Waals surface area (Å²) in [7, 11) is 0. The van der Waals surface area contributed by atoms with Crippen LogP contribution in [0.15, 0.2) is 28.3 Å². The van der Waals surface area contributed by atoms with Crippen LogP contribution < -0.4 is 16.1 Å². The first kappa shape index (κ1) is 12.1. The minimum Gasteiger partial charge on any atom is -0.478 e. The predicted molar refractivity (Wildman–Crippen MR) is 59.6 cm³/mol. The highest BCUT2D eigenvalue weighted by Crippen LogP contribution is 2.23. The van der Waals surface area contributed by atoms with Crippen molar-refractivity contribution in [2.24, 2.45) is 5.10 Å². The van der Waals surface area contributed by atoms with Crippen molar-refractivity contribution in [1.29, 1.82) is 10.5 Å². The van der Waals surface area contributed by atoms with Crippen LogP contribution >= 0.6 is 0 Å². The Morgan fingerprint density at radius 3 is 2.63 bits per heavy atom. The van der Waals surface area contributed by atoms with E-state index in [1.165, 1.54) is 0 Å². The first-order valence-corrected chi connectivity index (χ1v) is 4.93. The lowest BCUT2D eigenvalue weighted by molar-refractivity contribution is -0.135. The number of hydrogen-bond acceptors (Lipinski definition) is 7. The van der Waals surface area contributed by atoms with E-state index in [2.05, 4.69) is 21.2 Å². The summed E-state index contributed by atoms with van der Waals surface area (Å²) in [6.07, 6.45) is 2.05. The lowest BCUT2D eigenvalue weighted by atomic mass is 9.87. The third-order valence-electron chi connectivity index (χ3n) is 2.59. The smallest absolute Gasteiger partial charge is 0.336 e. The molecule has 4 N–H and O–H groups in total. The third kappa shape index (κ3) is 1.66. The average molecular weight is 258 g/mol. The Bertz CT molecular complexity index is 647. The van der Waals surface area contributed by atoms with E-state index in [1.807, 2.05) is 0 Å². The molecule has 9 nitrogen and oxygen atoms in total. The number of hydrazone groups is 1. The van der Waals surface area contributed by atoms with Crippen LogP contribution in [0.1, 0.15) is 0 Å². The Morgan fingerprint density at radius 1 is 1.37 bits per heavy atom. The highest BCUT2D eigenvalue weighted by atomic mass is 16.4. The van der Waals surface area contributed by atoms with Gasteiger partial charge in [-0.15, -0.1) is 0 Å². The number of nitrogens with zero attached hydrogens (tertiary/aromatic N) is 3. The zero-order valence-electron chi connectivity index (χ0n) is 9.26. The summed E-state index contributed by atoms with van der Waals surface area (Å²) in [5.41, 5.74) is -0.353. The van der Waals surface area contributed by atoms with Crippen molar-refractivity contribution >= 4 is 18.1 Å². The molecule has 0 bridgehead atoms. The molecule has 0 aromatic carbocycles. The van der Waals surface area contributed by atoms with Crippen molar-refractivity contribution in [1.82, 2.24) is 16.1 Å². The molecule has 0 unspecified atom stereocenters. The molecule has 19 heavy (non-hydrogen) atoms. The lowest BCUT2D eigenvalue weighted by Gasteiger charge is -2.35. The average Bonchev–Trinajstić information content (AvgIpc) is 2.41. The van der Waals surface area contributed by atoms with E-state index >= 15 is 0 Å². The van der Waals surface area contributed by atoms with Gasteiger partial charge in [-0.1, -0.05) is 0 Å². The molecule has 0 aromatic heterocycles. The summed E-state index contributed by atoms with van der Waals surface area (Å²) in [5, 5.41) is 35.0. The molecule has 2 heterocycles. The zero-order chi connectivity index (χ0) is 14.0. The summed E-state index contributed by atoms with van der Waals surface area (Å²) < 4.78 is 0. The van der Waals surface area contributed by atoms with E-state index in [-0.39, 0.29) is 17.0 Å². The maximum atomic E-state index is 12.0. The Kier molecular flexibility index (Phi) is 2.66. The van der Waals surface area contributed by atoms with Gasteiger partial charge in [0.1, 0.15) is 17.8 Å². The number of carboxylic acids is 1. The van der Waals surface area contributed by atoms with Crippen LogP contribution in [0.5, 0.6) is 0 Å². The second-order valence-corrected chi connectivity index (χ2v) is 3.61. The normalized spacial score (nSPS) is 24.5. The topological polar surface area (TPSA) is 150 Å². The molecular weight excluding hydrogens is 252 g/mol. The van der Waals surface area contributed by atoms with Crippen LogP contribution in [0, 0.1) is 22.7 Å². The van der Waals surface area contributed by atoms with Crippen molar-refractivity contribution in [2.45, 2.75) is 5.54 Å². The van der Waals surface area contributed by atoms with Gasteiger partial charge < -0.3 is 15.7 Å². The number of amides is 1. The largest absolute Gasteiger partial charge is 0.478 e. The van der Waals surface area contributed by atoms with Gasteiger partial charge in [0.2, 0.25) is 0 Å². The molecular formula is C10H6N6O3. The van der Waals surface area contributed by atoms with Crippen LogP contribution in [0.2, 0.25) is 0 Å². The number of carbonyl (C=O) groups is 2. The summed E-state index contributed by atoms with van der Waals surface area (Å²) in [4.78, 5) is 23.2. The summed E-state index contributed by atoms with van der Waals surface area (Å²) in [6.45, 7) is 0. The molecule has 1 amide bonds. The molecule has 94 valence electrons. The van der Waals surface area contributed by atoms with Crippen molar-refractivity contribution in [3.63, 3.8) is 0 Å². The molecule has 0 aliphatic carbocycles. The maximum absolute atomic E-state index is 12.0. The molecule has 0 fully saturated rings. The van der Waals surface area contributed by atoms with E-state index < -0.39 is 17.4 Å². The van der Waals surface area contributed by atoms with Crippen LogP contribution in [-0.4, -0.2) is 28.7 Å². The number of allylic oxidation sites excluding steroid dienone is 2. The van der Waals surface area contributed by atoms with Crippen molar-refractivity contribution < 1.29 is 14.7 Å². The quantitative estimate of drug-likeness (QED) is 0.435. The van der Waals surface area contributed by atoms with Crippen molar-refractivity contribution in [3.8, 4) is 12.1 Å². The minimum atomic E-state index is -1.82. The van der Waals surface area contributed by atoms with Gasteiger partial charge in [-0.25, -0.2) is 4.79 Å². The van der Waals surface area contributed by atoms with E-state index in [4.69, 9.17) is 15.6 Å². The van der Waals surface area contributed by atoms with E-state index in [1.54, 1.807) is 12.1 Å². The predicted octanol–water partition coefficient (Wildman–Crippen LogP) is -1.74. The van der Waals surface area contributed by atoms with Gasteiger partial charge in [-0.2, -0.15) is 15.6 Å². The highest BCUT2D eigenvalue weighted by Gasteiger charge is 2.49. The van der Waals surface area contributed by atoms with Gasteiger partial charge in [0, 0.05) is 6.20 Å². The molecule has 2 aliphatic heterocycles. The van der Waals surface area contributed by atoms with Crippen molar-refractivity contribution in [3.05, 3.63) is 23.2 Å². The van der Waals surface area contributed by atoms with Crippen LogP contribution in [0.25, 0.3) is 0 Å². The fourth-order valence-corrected chi connectivity index (χ4v) is 1.69. The fourth-order valence-electron chi connectivity index (χ4n) is 1.69. The van der Waals surface area contributed by atoms with E-state index in [0.29, 0.717) is 0 Å². The lowest BCUT2D eigenvalue weighted by Crippen LogP contribution is -2.64. The van der Waals surface area contributed by atoms with Gasteiger partial charge in [0.05, 0.1) is 11.8 Å². The van der Waals surface area contributed by atoms with Gasteiger partial charge in [0.15, 0.2) is 11.2 Å². The number of nitrogens with one attached hydrogen (secondary N) is 3. The van der Waals surface area contributed by atoms with Crippen LogP contribution in [-0.2, 0) is 9.59 Å². The Labute approximate surface area is 106 Å². The molecule has 0 saturated carbocycles. The number of nitriles is 2. The monoisotopic (exact) mass is 258 g/mol. The highest BCUT2D eigenvalue weighted by molar-refractivity contribution is 6.16. The molecule has 2 aliphatic rings. The fraction of sp³-hybridized carbons (Fsp3) is 0.100. The number of carboxylic acid groups (broad SMARTS) is 1. The van der Waals surface area contributed by atoms with E-state index in [9.17, 15) is 9.59 Å². The number of rotatable bonds is 1. The van der Waals surface area contributed by atoms with Crippen LogP contribution in [0.4, 0.5) is 0 Å². The Balaban J connectivity index is 2.57. The summed E-state index contributed by atoms with van der Waals surface area (Å²) >= 11 is 0. The number of aliphatic carboxylic acids is 1. The molecule has 0 aromatic rings. The minimum absolute atomic E-state index is 0.234. The first-order valence-electron chi connectivity index (χ1n) is 4.93. The maximum Gasteiger partial charge on any atom is 0.336 e. The van der Waals surface area contributed by atoms with Gasteiger partial charge >= 0.3 is 5.97 Å². The molecule has 1 atom stereocenters. The second-order valence-electron chi connectivity index (χ2n) is 3.61. The van der Waals surface area contributed by atoms with E-state index in [0.717, 1.165) is 12.4 Å². The number of hydrogen-bond donors (Lipinski definition) is 4. The molecule has 0 saturated heterocycles. The zero-order valence-corrected chi connectivity index (χ0v) is 9.26. The Morgan fingerprint density at radius 2 is 2.05 bits per heavy atom. The molecule has 2 rings (SSSR count). The molecule has 1 spiro atoms. The third-order valence-corrected chi connectivity index (χ3v) is 2.59. The van der Waals surface area contributed by atoms with Crippen molar-refractivity contribution in [2.75, 3.05) is 0 Å². The second kappa shape index (κ2) is 4.16. The molecule has 0 radical (unpaired) electrons. The van der Waals surface area contributed by atoms with Gasteiger partial charge in [-0.05, 0) is 0 Å². The first-order chi connectivity index (χ1) is 9.05. The summed E-state index contributed by atoms with van der Waals surface area (Å²) in [6, 6.07) is 3.32. The van der Waals surface area contributed by atoms with Gasteiger partial charge in [-0.3, -0.25) is 10.2 Å². The SMILES string of the molecule is N#CC1=C(C#N)N[C@@]2(C=NNC=C2C(=O)O)C(=O)N1. The summed E-state index contributed by atoms with van der Waals surface area (Å²) in [5.74, 6) is -2.17. The Hall–Kier alpha value is -3.33. The molecule has 9 heteroatoms. The van der Waals surface area contributed by atoms with Crippen LogP contribution in [0.3, 0.4) is 0 Å².